The monoisotopic (exact) mass is 544 g/mol. The van der Waals surface area contributed by atoms with Gasteiger partial charge in [0.05, 0.1) is 23.6 Å². The lowest BCUT2D eigenvalue weighted by molar-refractivity contribution is -0.117. The average Bonchev–Trinajstić information content (AvgIpc) is 3.38. The first-order valence-corrected chi connectivity index (χ1v) is 11.5. The predicted octanol–water partition coefficient (Wildman–Crippen LogP) is 6.72. The standard InChI is InChI=1S/C24H18Cl3F3N2O3/c1-35-21-15(22(33)31-13-5-3-12(28)4-6-13)9-14(10-18(21)30)32-23(34)20-19(24(20,26)27)11-2-7-17(29)16(25)8-11/h3-6,8-10,19-20H,2,7H2,1H3,(H,31,33)(H,32,34). The lowest BCUT2D eigenvalue weighted by Gasteiger charge is -2.14. The topological polar surface area (TPSA) is 67.4 Å². The van der Waals surface area contributed by atoms with E-state index in [1.165, 1.54) is 31.4 Å². The van der Waals surface area contributed by atoms with Crippen LogP contribution in [0.25, 0.3) is 0 Å². The summed E-state index contributed by atoms with van der Waals surface area (Å²) in [5.41, 5.74) is 0.675. The molecule has 35 heavy (non-hydrogen) atoms. The van der Waals surface area contributed by atoms with Crippen LogP contribution in [0.1, 0.15) is 23.2 Å². The summed E-state index contributed by atoms with van der Waals surface area (Å²) in [5.74, 6) is -5.03. The molecular formula is C24H18Cl3F3N2O3. The maximum absolute atomic E-state index is 14.7. The first-order valence-electron chi connectivity index (χ1n) is 10.4. The number of carbonyl (C=O) groups excluding carboxylic acids is 2. The van der Waals surface area contributed by atoms with Crippen molar-refractivity contribution in [2.75, 3.05) is 17.7 Å². The normalized spacial score (nSPS) is 20.7. The summed E-state index contributed by atoms with van der Waals surface area (Å²) in [6.45, 7) is 0. The second-order valence-corrected chi connectivity index (χ2v) is 9.94. The van der Waals surface area contributed by atoms with E-state index >= 15 is 0 Å². The van der Waals surface area contributed by atoms with Crippen molar-refractivity contribution in [3.63, 3.8) is 0 Å². The minimum absolute atomic E-state index is 0.0334. The Bertz CT molecular complexity index is 1260. The highest BCUT2D eigenvalue weighted by Gasteiger charge is 2.68. The molecule has 2 aliphatic carbocycles. The lowest BCUT2D eigenvalue weighted by atomic mass is 9.98. The van der Waals surface area contributed by atoms with Gasteiger partial charge in [0.1, 0.15) is 16.0 Å². The van der Waals surface area contributed by atoms with Crippen LogP contribution < -0.4 is 15.4 Å². The van der Waals surface area contributed by atoms with E-state index in [1.54, 1.807) is 0 Å². The van der Waals surface area contributed by atoms with Crippen molar-refractivity contribution in [2.45, 2.75) is 17.2 Å². The number of hydrogen-bond donors (Lipinski definition) is 2. The van der Waals surface area contributed by atoms with Crippen LogP contribution >= 0.6 is 34.8 Å². The number of nitrogens with one attached hydrogen (secondary N) is 2. The van der Waals surface area contributed by atoms with Crippen molar-refractivity contribution in [3.8, 4) is 5.75 Å². The van der Waals surface area contributed by atoms with Crippen molar-refractivity contribution >= 4 is 58.0 Å². The highest BCUT2D eigenvalue weighted by atomic mass is 35.5. The van der Waals surface area contributed by atoms with Crippen molar-refractivity contribution in [1.29, 1.82) is 0 Å². The molecule has 2 aromatic carbocycles. The molecule has 2 aliphatic rings. The molecule has 5 nitrogen and oxygen atoms in total. The molecule has 4 rings (SSSR count). The molecule has 2 N–H and O–H groups in total. The number of halogens is 6. The Morgan fingerprint density at radius 2 is 1.71 bits per heavy atom. The summed E-state index contributed by atoms with van der Waals surface area (Å²) in [7, 11) is 1.19. The largest absolute Gasteiger partial charge is 0.493 e. The molecule has 0 aliphatic heterocycles. The zero-order valence-electron chi connectivity index (χ0n) is 18.1. The van der Waals surface area contributed by atoms with Crippen molar-refractivity contribution in [2.24, 2.45) is 11.8 Å². The third-order valence-corrected chi connectivity index (χ3v) is 7.06. The number of rotatable bonds is 6. The van der Waals surface area contributed by atoms with Gasteiger partial charge in [0.15, 0.2) is 11.6 Å². The summed E-state index contributed by atoms with van der Waals surface area (Å²) < 4.78 is 45.0. The van der Waals surface area contributed by atoms with Crippen molar-refractivity contribution < 1.29 is 27.5 Å². The highest BCUT2D eigenvalue weighted by Crippen LogP contribution is 2.64. The molecule has 0 bridgehead atoms. The smallest absolute Gasteiger partial charge is 0.259 e. The zero-order valence-corrected chi connectivity index (χ0v) is 20.4. The quantitative estimate of drug-likeness (QED) is 0.396. The molecule has 0 radical (unpaired) electrons. The van der Waals surface area contributed by atoms with Crippen molar-refractivity contribution in [1.82, 2.24) is 0 Å². The summed E-state index contributed by atoms with van der Waals surface area (Å²) >= 11 is 18.6. The number of methoxy groups -OCH3 is 1. The molecule has 1 fully saturated rings. The van der Waals surface area contributed by atoms with Gasteiger partial charge in [0, 0.05) is 29.8 Å². The van der Waals surface area contributed by atoms with Gasteiger partial charge >= 0.3 is 0 Å². The van der Waals surface area contributed by atoms with E-state index in [9.17, 15) is 22.8 Å². The fraction of sp³-hybridized carbons (Fsp3) is 0.250. The second kappa shape index (κ2) is 9.76. The molecule has 2 atom stereocenters. The van der Waals surface area contributed by atoms with E-state index in [-0.39, 0.29) is 34.1 Å². The van der Waals surface area contributed by atoms with Crippen LogP contribution in [0.2, 0.25) is 0 Å². The number of ether oxygens (including phenoxy) is 1. The number of carbonyl (C=O) groups is 2. The third-order valence-electron chi connectivity index (χ3n) is 5.80. The molecule has 11 heteroatoms. The number of hydrogen-bond acceptors (Lipinski definition) is 3. The second-order valence-electron chi connectivity index (χ2n) is 8.09. The van der Waals surface area contributed by atoms with Crippen molar-refractivity contribution in [3.05, 3.63) is 76.1 Å². The Balaban J connectivity index is 1.55. The Hall–Kier alpha value is -2.68. The van der Waals surface area contributed by atoms with Gasteiger partial charge in [-0.25, -0.2) is 13.2 Å². The molecule has 2 aromatic rings. The molecule has 2 unspecified atom stereocenters. The molecule has 184 valence electrons. The van der Waals surface area contributed by atoms with Crippen LogP contribution in [0.15, 0.2) is 58.9 Å². The lowest BCUT2D eigenvalue weighted by Crippen LogP contribution is -2.19. The summed E-state index contributed by atoms with van der Waals surface area (Å²) in [6, 6.07) is 7.20. The van der Waals surface area contributed by atoms with E-state index in [0.29, 0.717) is 12.0 Å². The fourth-order valence-corrected chi connectivity index (χ4v) is 5.13. The van der Waals surface area contributed by atoms with Crippen LogP contribution in [0, 0.1) is 23.5 Å². The number of anilines is 2. The number of allylic oxidation sites excluding steroid dienone is 4. The minimum Gasteiger partial charge on any atom is -0.493 e. The minimum atomic E-state index is -1.45. The van der Waals surface area contributed by atoms with Gasteiger partial charge in [0.2, 0.25) is 5.91 Å². The molecule has 1 saturated carbocycles. The van der Waals surface area contributed by atoms with Crippen LogP contribution in [-0.2, 0) is 4.79 Å². The fourth-order valence-electron chi connectivity index (χ4n) is 4.04. The molecule has 0 aromatic heterocycles. The first-order chi connectivity index (χ1) is 16.5. The SMILES string of the molecule is COc1c(F)cc(NC(=O)C2C(C3=CC(Cl)=C(F)CC3)C2(Cl)Cl)cc1C(=O)Nc1ccc(F)cc1. The van der Waals surface area contributed by atoms with Crippen LogP contribution in [0.3, 0.4) is 0 Å². The summed E-state index contributed by atoms with van der Waals surface area (Å²) in [6.07, 6.45) is 1.81. The van der Waals surface area contributed by atoms with Gasteiger partial charge < -0.3 is 15.4 Å². The number of alkyl halides is 2. The Morgan fingerprint density at radius 3 is 2.34 bits per heavy atom. The summed E-state index contributed by atoms with van der Waals surface area (Å²) in [4.78, 5) is 25.7. The van der Waals surface area contributed by atoms with E-state index in [4.69, 9.17) is 39.5 Å². The van der Waals surface area contributed by atoms with E-state index in [2.05, 4.69) is 10.6 Å². The first kappa shape index (κ1) is 25.4. The van der Waals surface area contributed by atoms with Gasteiger partial charge in [-0.2, -0.15) is 0 Å². The van der Waals surface area contributed by atoms with Crippen LogP contribution in [0.4, 0.5) is 24.5 Å². The highest BCUT2D eigenvalue weighted by molar-refractivity contribution is 6.53. The van der Waals surface area contributed by atoms with Gasteiger partial charge in [-0.15, -0.1) is 23.2 Å². The predicted molar refractivity (Wildman–Crippen MR) is 129 cm³/mol. The Kier molecular flexibility index (Phi) is 7.09. The van der Waals surface area contributed by atoms with Gasteiger partial charge in [-0.3, -0.25) is 9.59 Å². The van der Waals surface area contributed by atoms with E-state index in [0.717, 1.165) is 18.2 Å². The molecule has 0 heterocycles. The molecule has 0 spiro atoms. The Labute approximate surface area is 213 Å². The maximum atomic E-state index is 14.7. The number of amides is 2. The Morgan fingerprint density at radius 1 is 1.03 bits per heavy atom. The molecule has 0 saturated heterocycles. The van der Waals surface area contributed by atoms with E-state index < -0.39 is 45.4 Å². The zero-order chi connectivity index (χ0) is 25.5. The van der Waals surface area contributed by atoms with Crippen LogP contribution in [-0.4, -0.2) is 23.3 Å². The maximum Gasteiger partial charge on any atom is 0.259 e. The summed E-state index contributed by atoms with van der Waals surface area (Å²) in [5, 5.41) is 4.98. The van der Waals surface area contributed by atoms with Gasteiger partial charge in [-0.1, -0.05) is 17.2 Å². The number of benzene rings is 2. The third kappa shape index (κ3) is 5.15. The van der Waals surface area contributed by atoms with Gasteiger partial charge in [0.25, 0.3) is 5.91 Å². The molecule has 2 amide bonds. The van der Waals surface area contributed by atoms with E-state index in [1.807, 2.05) is 0 Å². The van der Waals surface area contributed by atoms with Gasteiger partial charge in [-0.05, 0) is 42.8 Å². The average molecular weight is 546 g/mol. The molecular weight excluding hydrogens is 528 g/mol. The van der Waals surface area contributed by atoms with Crippen LogP contribution in [0.5, 0.6) is 5.75 Å².